The maximum atomic E-state index is 8.58. The molecule has 0 spiro atoms. The van der Waals surface area contributed by atoms with Gasteiger partial charge >= 0.3 is 166 Å². The minimum atomic E-state index is -4.08. The molecule has 0 fully saturated rings. The summed E-state index contributed by atoms with van der Waals surface area (Å²) < 4.78 is 103. The van der Waals surface area contributed by atoms with Crippen LogP contribution in [0.2, 0.25) is 0 Å². The van der Waals surface area contributed by atoms with Crippen LogP contribution in [-0.2, 0) is 110 Å². The monoisotopic (exact) mass is 774 g/mol. The van der Waals surface area contributed by atoms with Gasteiger partial charge in [0.15, 0.2) is 0 Å². The molecule has 18 heteroatoms. The van der Waals surface area contributed by atoms with Crippen LogP contribution in [0.1, 0.15) is 0 Å². The van der Waals surface area contributed by atoms with E-state index in [-0.39, 0.29) is 48.6 Å². The average Bonchev–Trinajstić information content (AvgIpc) is 1.76. The Morgan fingerprint density at radius 2 is 0.444 bits per heavy atom. The van der Waals surface area contributed by atoms with Gasteiger partial charge < -0.3 is 0 Å². The number of hydrogen-bond acceptors (Lipinski definition) is 12. The van der Waals surface area contributed by atoms with Crippen LogP contribution in [0.3, 0.4) is 0 Å². The van der Waals surface area contributed by atoms with Gasteiger partial charge in [0.05, 0.1) is 0 Å². The van der Waals surface area contributed by atoms with Crippen molar-refractivity contribution in [3.63, 3.8) is 0 Å². The van der Waals surface area contributed by atoms with Crippen molar-refractivity contribution in [2.24, 2.45) is 0 Å². The van der Waals surface area contributed by atoms with Crippen LogP contribution in [0.25, 0.3) is 0 Å². The SMILES string of the molecule is [Bi+3].[O]=[Ti]([O-])[O-].[O]=[Ti]([O-])[O-].[O]=[Ti]([O-])[O-].[O]=[Ti]([O-])[O-].[Ta+5]. The van der Waals surface area contributed by atoms with E-state index in [0.717, 1.165) is 0 Å². The van der Waals surface area contributed by atoms with Crippen molar-refractivity contribution in [2.45, 2.75) is 0 Å². The van der Waals surface area contributed by atoms with E-state index < -0.39 is 74.5 Å². The van der Waals surface area contributed by atoms with E-state index in [1.165, 1.54) is 0 Å². The molecule has 18 heavy (non-hydrogen) atoms. The van der Waals surface area contributed by atoms with Crippen LogP contribution < -0.4 is 29.5 Å². The van der Waals surface area contributed by atoms with E-state index in [1.54, 1.807) is 0 Å². The van der Waals surface area contributed by atoms with Crippen molar-refractivity contribution in [2.75, 3.05) is 0 Å². The second-order valence-electron chi connectivity index (χ2n) is 1.00. The second kappa shape index (κ2) is 32.3. The van der Waals surface area contributed by atoms with Gasteiger partial charge in [0.1, 0.15) is 0 Å². The standard InChI is InChI=1S/Bi.12O.Ta.4Ti/q+3;;;;;8*-1;+5;;;;. The zero-order chi connectivity index (χ0) is 14.3. The first kappa shape index (κ1) is 37.5. The summed E-state index contributed by atoms with van der Waals surface area (Å²) >= 11 is -16.3. The summed E-state index contributed by atoms with van der Waals surface area (Å²) in [5, 5.41) is 0. The minimum absolute atomic E-state index is 0. The van der Waals surface area contributed by atoms with Gasteiger partial charge in [0, 0.05) is 0 Å². The third kappa shape index (κ3) is 578. The third-order valence-electron chi connectivity index (χ3n) is 0. The van der Waals surface area contributed by atoms with Crippen molar-refractivity contribution in [1.29, 1.82) is 0 Å². The van der Waals surface area contributed by atoms with E-state index in [9.17, 15) is 0 Å². The van der Waals surface area contributed by atoms with Crippen LogP contribution in [0.4, 0.5) is 0 Å². The van der Waals surface area contributed by atoms with Gasteiger partial charge in [-0.1, -0.05) is 0 Å². The Morgan fingerprint density at radius 3 is 0.444 bits per heavy atom. The van der Waals surface area contributed by atoms with E-state index in [2.05, 4.69) is 0 Å². The molecule has 12 nitrogen and oxygen atoms in total. The molecule has 98 valence electrons. The van der Waals surface area contributed by atoms with E-state index in [4.69, 9.17) is 42.8 Å². The Bertz CT molecular complexity index is 164. The summed E-state index contributed by atoms with van der Waals surface area (Å²) in [5.74, 6) is 0. The topological polar surface area (TPSA) is 253 Å². The predicted molar refractivity (Wildman–Crippen MR) is 8.50 cm³/mol. The first-order chi connectivity index (χ1) is 6.93. The summed E-state index contributed by atoms with van der Waals surface area (Å²) in [6.45, 7) is 0. The summed E-state index contributed by atoms with van der Waals surface area (Å²) in [6.07, 6.45) is 0. The van der Waals surface area contributed by atoms with Crippen LogP contribution in [-0.4, -0.2) is 26.2 Å². The molecule has 0 heterocycles. The molecule has 0 saturated heterocycles. The molecule has 0 rings (SSSR count). The van der Waals surface area contributed by atoms with E-state index in [1.807, 2.05) is 0 Å². The predicted octanol–water partition coefficient (Wildman–Crippen LogP) is -10.4. The molecule has 0 unspecified atom stereocenters. The van der Waals surface area contributed by atoms with Gasteiger partial charge in [-0.25, -0.2) is 0 Å². The molecule has 0 aliphatic heterocycles. The summed E-state index contributed by atoms with van der Waals surface area (Å²) in [4.78, 5) is 0. The zero-order valence-electron chi connectivity index (χ0n) is 7.79. The first-order valence-corrected chi connectivity index (χ1v) is 10.1. The second-order valence-corrected chi connectivity index (χ2v) is 4.12. The molecule has 0 atom stereocenters. The fraction of sp³-hybridized carbons (Fsp3) is 0. The maximum absolute atomic E-state index is 8.58. The van der Waals surface area contributed by atoms with Gasteiger partial charge in [-0.2, -0.15) is 0 Å². The van der Waals surface area contributed by atoms with Gasteiger partial charge in [0.25, 0.3) is 0 Å². The molecule has 0 aromatic rings. The number of hydrogen-bond donors (Lipinski definition) is 0. The van der Waals surface area contributed by atoms with Gasteiger partial charge in [-0.15, -0.1) is 0 Å². The maximum Gasteiger partial charge on any atom is 5.00 e. The van der Waals surface area contributed by atoms with Crippen LogP contribution >= 0.6 is 0 Å². The Labute approximate surface area is 163 Å². The molecular weight excluding hydrogens is 773 g/mol. The number of rotatable bonds is 0. The minimum Gasteiger partial charge on any atom is 5.00 e. The third-order valence-corrected chi connectivity index (χ3v) is 0. The molecular formula is BiO12TaTi4. The molecule has 0 aromatic heterocycles. The van der Waals surface area contributed by atoms with Gasteiger partial charge in [-0.05, 0) is 0 Å². The molecule has 0 saturated carbocycles. The van der Waals surface area contributed by atoms with Gasteiger partial charge in [-0.3, -0.25) is 0 Å². The molecule has 0 aliphatic rings. The Balaban J connectivity index is -0.0000000257. The fourth-order valence-electron chi connectivity index (χ4n) is 0. The fourth-order valence-corrected chi connectivity index (χ4v) is 0. The molecule has 2 radical (unpaired) electrons. The molecule has 0 aliphatic carbocycles. The first-order valence-electron chi connectivity index (χ1n) is 2.45. The smallest absolute Gasteiger partial charge is 5.00 e. The summed E-state index contributed by atoms with van der Waals surface area (Å²) in [6, 6.07) is 0. The van der Waals surface area contributed by atoms with Crippen molar-refractivity contribution < 1.29 is 140 Å². The average molecular weight is 773 g/mol. The Kier molecular flexibility index (Phi) is 67.4. The van der Waals surface area contributed by atoms with Crippen LogP contribution in [0.5, 0.6) is 0 Å². The van der Waals surface area contributed by atoms with Crippen molar-refractivity contribution in [3.8, 4) is 0 Å². The van der Waals surface area contributed by atoms with Gasteiger partial charge in [0.2, 0.25) is 0 Å². The molecule has 0 bridgehead atoms. The van der Waals surface area contributed by atoms with Crippen molar-refractivity contribution >= 4 is 26.2 Å². The van der Waals surface area contributed by atoms with Crippen LogP contribution in [0, 0.1) is 0 Å². The molecule has 0 amide bonds. The summed E-state index contributed by atoms with van der Waals surface area (Å²) in [7, 11) is 0. The zero-order valence-corrected chi connectivity index (χ0v) is 20.7. The van der Waals surface area contributed by atoms with E-state index in [0.29, 0.717) is 0 Å². The molecule has 0 N–H and O–H groups in total. The molecule has 0 aromatic carbocycles. The Morgan fingerprint density at radius 1 is 0.444 bits per heavy atom. The largest absolute Gasteiger partial charge is 5.00 e. The quantitative estimate of drug-likeness (QED) is 0.208. The summed E-state index contributed by atoms with van der Waals surface area (Å²) in [5.41, 5.74) is 0. The normalized spacial score (nSPS) is 5.78. The van der Waals surface area contributed by atoms with E-state index >= 15 is 0 Å². The van der Waals surface area contributed by atoms with Crippen LogP contribution in [0.15, 0.2) is 0 Å². The van der Waals surface area contributed by atoms with Crippen molar-refractivity contribution in [3.05, 3.63) is 0 Å². The Hall–Kier alpha value is 3.36. The van der Waals surface area contributed by atoms with Crippen molar-refractivity contribution in [1.82, 2.24) is 0 Å².